The first-order valence-electron chi connectivity index (χ1n) is 8.31. The van der Waals surface area contributed by atoms with Crippen LogP contribution in [0, 0.1) is 0 Å². The predicted octanol–water partition coefficient (Wildman–Crippen LogP) is 2.96. The van der Waals surface area contributed by atoms with Crippen molar-refractivity contribution in [1.82, 2.24) is 24.6 Å². The summed E-state index contributed by atoms with van der Waals surface area (Å²) in [5.74, 6) is 0.818. The largest absolute Gasteiger partial charge is 0.348 e. The van der Waals surface area contributed by atoms with Crippen molar-refractivity contribution in [1.29, 1.82) is 0 Å². The Kier molecular flexibility index (Phi) is 5.68. The van der Waals surface area contributed by atoms with Gasteiger partial charge in [-0.15, -0.1) is 10.2 Å². The molecule has 134 valence electrons. The van der Waals surface area contributed by atoms with Crippen LogP contribution in [0.1, 0.15) is 12.5 Å². The van der Waals surface area contributed by atoms with Crippen molar-refractivity contribution in [2.24, 2.45) is 0 Å². The molecule has 0 aliphatic rings. The minimum atomic E-state index is -0.242. The number of pyridine rings is 1. The summed E-state index contributed by atoms with van der Waals surface area (Å²) in [6.07, 6.45) is 3.48. The van der Waals surface area contributed by atoms with Crippen molar-refractivity contribution in [3.8, 4) is 11.4 Å². The van der Waals surface area contributed by atoms with E-state index < -0.39 is 0 Å². The van der Waals surface area contributed by atoms with Crippen LogP contribution in [-0.4, -0.2) is 49.9 Å². The zero-order chi connectivity index (χ0) is 18.5. The molecule has 0 radical (unpaired) electrons. The molecular formula is C19H21N5OS. The van der Waals surface area contributed by atoms with Crippen LogP contribution in [0.4, 0.5) is 0 Å². The van der Waals surface area contributed by atoms with Crippen LogP contribution >= 0.6 is 11.8 Å². The second kappa shape index (κ2) is 8.14. The molecule has 6 nitrogen and oxygen atoms in total. The maximum atomic E-state index is 12.2. The van der Waals surface area contributed by atoms with Crippen LogP contribution in [0.3, 0.4) is 0 Å². The number of amides is 1. The molecule has 3 rings (SSSR count). The molecule has 0 aliphatic carbocycles. The second-order valence-corrected chi connectivity index (χ2v) is 7.41. The fourth-order valence-corrected chi connectivity index (χ4v) is 3.57. The molecule has 0 fully saturated rings. The molecule has 1 amide bonds. The van der Waals surface area contributed by atoms with Gasteiger partial charge in [0.2, 0.25) is 5.91 Å². The number of carbonyl (C=O) groups is 1. The van der Waals surface area contributed by atoms with Crippen LogP contribution in [0.25, 0.3) is 11.4 Å². The van der Waals surface area contributed by atoms with Gasteiger partial charge in [0.05, 0.1) is 11.8 Å². The monoisotopic (exact) mass is 367 g/mol. The van der Waals surface area contributed by atoms with E-state index in [9.17, 15) is 4.79 Å². The minimum absolute atomic E-state index is 0.0507. The number of carbonyl (C=O) groups excluding carboxylic acids is 1. The van der Waals surface area contributed by atoms with Gasteiger partial charge in [-0.3, -0.25) is 14.3 Å². The average molecular weight is 367 g/mol. The molecule has 0 saturated carbocycles. The van der Waals surface area contributed by atoms with E-state index in [0.717, 1.165) is 22.1 Å². The predicted molar refractivity (Wildman–Crippen MR) is 103 cm³/mol. The molecule has 0 N–H and O–H groups in total. The number of hydrogen-bond acceptors (Lipinski definition) is 5. The lowest BCUT2D eigenvalue weighted by atomic mass is 10.2. The number of nitrogens with zero attached hydrogens (tertiary/aromatic N) is 5. The Morgan fingerprint density at radius 3 is 2.46 bits per heavy atom. The zero-order valence-corrected chi connectivity index (χ0v) is 15.8. The van der Waals surface area contributed by atoms with Gasteiger partial charge >= 0.3 is 0 Å². The highest BCUT2D eigenvalue weighted by Crippen LogP contribution is 2.28. The van der Waals surface area contributed by atoms with E-state index in [2.05, 4.69) is 31.9 Å². The molecule has 1 atom stereocenters. The van der Waals surface area contributed by atoms with Gasteiger partial charge in [0.1, 0.15) is 0 Å². The van der Waals surface area contributed by atoms with E-state index in [1.165, 1.54) is 11.8 Å². The van der Waals surface area contributed by atoms with Crippen LogP contribution in [0.2, 0.25) is 0 Å². The minimum Gasteiger partial charge on any atom is -0.348 e. The fourth-order valence-electron chi connectivity index (χ4n) is 2.57. The van der Waals surface area contributed by atoms with E-state index in [0.29, 0.717) is 6.54 Å². The van der Waals surface area contributed by atoms with Gasteiger partial charge in [-0.2, -0.15) is 0 Å². The molecule has 0 aliphatic heterocycles. The first-order chi connectivity index (χ1) is 12.6. The third-order valence-electron chi connectivity index (χ3n) is 3.91. The van der Waals surface area contributed by atoms with Gasteiger partial charge < -0.3 is 4.90 Å². The molecule has 0 unspecified atom stereocenters. The third-order valence-corrected chi connectivity index (χ3v) is 4.98. The number of hydrogen-bond donors (Lipinski definition) is 0. The molecule has 2 heterocycles. The van der Waals surface area contributed by atoms with Gasteiger partial charge in [0, 0.05) is 32.1 Å². The maximum Gasteiger partial charge on any atom is 0.235 e. The highest BCUT2D eigenvalue weighted by atomic mass is 32.2. The number of benzene rings is 1. The van der Waals surface area contributed by atoms with E-state index in [-0.39, 0.29) is 11.2 Å². The Labute approximate surface area is 157 Å². The molecule has 0 spiro atoms. The van der Waals surface area contributed by atoms with E-state index in [4.69, 9.17) is 0 Å². The topological polar surface area (TPSA) is 63.9 Å². The van der Waals surface area contributed by atoms with Crippen molar-refractivity contribution in [2.45, 2.75) is 23.9 Å². The molecular weight excluding hydrogens is 346 g/mol. The van der Waals surface area contributed by atoms with Crippen LogP contribution < -0.4 is 0 Å². The van der Waals surface area contributed by atoms with Gasteiger partial charge in [0.25, 0.3) is 0 Å². The summed E-state index contributed by atoms with van der Waals surface area (Å²) in [7, 11) is 3.52. The number of aromatic nitrogens is 4. The van der Waals surface area contributed by atoms with Crippen LogP contribution in [0.5, 0.6) is 0 Å². The first-order valence-corrected chi connectivity index (χ1v) is 9.19. The highest BCUT2D eigenvalue weighted by molar-refractivity contribution is 8.00. The summed E-state index contributed by atoms with van der Waals surface area (Å²) in [5.41, 5.74) is 2.10. The quantitative estimate of drug-likeness (QED) is 0.627. The van der Waals surface area contributed by atoms with Crippen LogP contribution in [0.15, 0.2) is 60.0 Å². The Morgan fingerprint density at radius 2 is 1.81 bits per heavy atom. The van der Waals surface area contributed by atoms with E-state index in [1.54, 1.807) is 31.4 Å². The maximum absolute atomic E-state index is 12.2. The molecule has 3 aromatic rings. The Morgan fingerprint density at radius 1 is 1.12 bits per heavy atom. The third kappa shape index (κ3) is 4.11. The molecule has 7 heteroatoms. The van der Waals surface area contributed by atoms with Gasteiger partial charge in [-0.25, -0.2) is 0 Å². The van der Waals surface area contributed by atoms with Crippen molar-refractivity contribution >= 4 is 17.7 Å². The van der Waals surface area contributed by atoms with Crippen molar-refractivity contribution in [3.05, 3.63) is 60.4 Å². The highest BCUT2D eigenvalue weighted by Gasteiger charge is 2.22. The fraction of sp³-hybridized carbons (Fsp3) is 0.263. The van der Waals surface area contributed by atoms with Crippen LogP contribution in [-0.2, 0) is 11.3 Å². The van der Waals surface area contributed by atoms with Crippen molar-refractivity contribution < 1.29 is 4.79 Å². The van der Waals surface area contributed by atoms with Gasteiger partial charge in [0.15, 0.2) is 11.0 Å². The van der Waals surface area contributed by atoms with Crippen molar-refractivity contribution in [3.63, 3.8) is 0 Å². The van der Waals surface area contributed by atoms with Gasteiger partial charge in [-0.1, -0.05) is 42.1 Å². The van der Waals surface area contributed by atoms with E-state index in [1.807, 2.05) is 37.3 Å². The van der Waals surface area contributed by atoms with Gasteiger partial charge in [-0.05, 0) is 24.6 Å². The lowest BCUT2D eigenvalue weighted by Crippen LogP contribution is -2.29. The van der Waals surface area contributed by atoms with E-state index >= 15 is 0 Å². The summed E-state index contributed by atoms with van der Waals surface area (Å²) in [6.45, 7) is 2.53. The molecule has 2 aromatic heterocycles. The summed E-state index contributed by atoms with van der Waals surface area (Å²) in [5, 5.41) is 9.22. The molecule has 26 heavy (non-hydrogen) atoms. The summed E-state index contributed by atoms with van der Waals surface area (Å²) in [4.78, 5) is 17.9. The first kappa shape index (κ1) is 18.1. The second-order valence-electron chi connectivity index (χ2n) is 6.11. The Hall–Kier alpha value is -2.67. The molecule has 0 bridgehead atoms. The zero-order valence-electron chi connectivity index (χ0n) is 15.0. The lowest BCUT2D eigenvalue weighted by Gasteiger charge is -2.17. The summed E-state index contributed by atoms with van der Waals surface area (Å²) < 4.78 is 2.05. The Balaban J connectivity index is 1.96. The summed E-state index contributed by atoms with van der Waals surface area (Å²) in [6, 6.07) is 14.0. The summed E-state index contributed by atoms with van der Waals surface area (Å²) >= 11 is 1.42. The standard InChI is InChI=1S/C19H21N5OS/c1-14(18(25)23(2)3)26-19-22-21-17(16-9-11-20-12-10-16)24(19)13-15-7-5-4-6-8-15/h4-12,14H,13H2,1-3H3/t14-/m1/s1. The lowest BCUT2D eigenvalue weighted by molar-refractivity contribution is -0.127. The number of rotatable bonds is 6. The molecule has 0 saturated heterocycles. The van der Waals surface area contributed by atoms with Crippen molar-refractivity contribution in [2.75, 3.05) is 14.1 Å². The molecule has 1 aromatic carbocycles. The SMILES string of the molecule is C[C@@H](Sc1nnc(-c2ccncc2)n1Cc1ccccc1)C(=O)N(C)C. The Bertz CT molecular complexity index is 864. The average Bonchev–Trinajstić information content (AvgIpc) is 3.04. The normalized spacial score (nSPS) is 12.0. The smallest absolute Gasteiger partial charge is 0.235 e. The number of thioether (sulfide) groups is 1.